The number of amides is 1. The Bertz CT molecular complexity index is 520. The smallest absolute Gasteiger partial charge is 0.254 e. The van der Waals surface area contributed by atoms with Crippen molar-refractivity contribution < 1.29 is 19.0 Å². The highest BCUT2D eigenvalue weighted by Crippen LogP contribution is 2.21. The molecular formula is C17H24N2O4. The maximum atomic E-state index is 12.7. The zero-order valence-electron chi connectivity index (χ0n) is 13.7. The number of methoxy groups -OCH3 is 2. The van der Waals surface area contributed by atoms with E-state index in [1.165, 1.54) is 0 Å². The predicted octanol–water partition coefficient (Wildman–Crippen LogP) is 0.867. The Balaban J connectivity index is 1.61. The summed E-state index contributed by atoms with van der Waals surface area (Å²) in [6.07, 6.45) is 0.170. The molecule has 1 aromatic carbocycles. The number of fused-ring (bicyclic) bond motifs is 2. The maximum absolute atomic E-state index is 12.7. The largest absolute Gasteiger partial charge is 0.497 e. The van der Waals surface area contributed by atoms with Gasteiger partial charge in [-0.15, -0.1) is 0 Å². The van der Waals surface area contributed by atoms with E-state index in [1.54, 1.807) is 14.2 Å². The Morgan fingerprint density at radius 2 is 1.78 bits per heavy atom. The number of morpholine rings is 2. The molecule has 126 valence electrons. The predicted molar refractivity (Wildman–Crippen MR) is 85.9 cm³/mol. The number of benzene rings is 1. The Hall–Kier alpha value is -1.63. The van der Waals surface area contributed by atoms with Crippen LogP contribution in [0.4, 0.5) is 0 Å². The highest BCUT2D eigenvalue weighted by atomic mass is 16.5. The van der Waals surface area contributed by atoms with Crippen molar-refractivity contribution in [3.8, 4) is 5.75 Å². The van der Waals surface area contributed by atoms with Crippen LogP contribution in [0.15, 0.2) is 24.3 Å². The fraction of sp³-hybridized carbons (Fsp3) is 0.588. The van der Waals surface area contributed by atoms with Gasteiger partial charge >= 0.3 is 0 Å². The first-order valence-corrected chi connectivity index (χ1v) is 7.99. The van der Waals surface area contributed by atoms with Crippen molar-refractivity contribution in [2.24, 2.45) is 0 Å². The van der Waals surface area contributed by atoms with Crippen LogP contribution in [0, 0.1) is 0 Å². The Morgan fingerprint density at radius 3 is 2.35 bits per heavy atom. The molecule has 2 saturated heterocycles. The molecule has 2 unspecified atom stereocenters. The third-order valence-corrected chi connectivity index (χ3v) is 4.39. The number of rotatable bonds is 5. The second-order valence-electron chi connectivity index (χ2n) is 6.07. The second kappa shape index (κ2) is 7.29. The highest BCUT2D eigenvalue weighted by Gasteiger charge is 2.36. The summed E-state index contributed by atoms with van der Waals surface area (Å²) >= 11 is 0. The van der Waals surface area contributed by atoms with Gasteiger partial charge in [0.1, 0.15) is 5.75 Å². The first-order chi connectivity index (χ1) is 11.2. The fourth-order valence-corrected chi connectivity index (χ4v) is 3.26. The van der Waals surface area contributed by atoms with Crippen LogP contribution >= 0.6 is 0 Å². The molecule has 0 aliphatic carbocycles. The lowest BCUT2D eigenvalue weighted by Gasteiger charge is -2.45. The number of hydrogen-bond acceptors (Lipinski definition) is 5. The van der Waals surface area contributed by atoms with E-state index in [4.69, 9.17) is 14.2 Å². The molecule has 6 heteroatoms. The molecule has 0 saturated carbocycles. The monoisotopic (exact) mass is 320 g/mol. The van der Waals surface area contributed by atoms with Gasteiger partial charge in [0.25, 0.3) is 5.91 Å². The average Bonchev–Trinajstić information content (AvgIpc) is 2.58. The van der Waals surface area contributed by atoms with Gasteiger partial charge in [-0.1, -0.05) is 0 Å². The summed E-state index contributed by atoms with van der Waals surface area (Å²) in [5.74, 6) is 0.825. The van der Waals surface area contributed by atoms with Crippen molar-refractivity contribution in [3.05, 3.63) is 29.8 Å². The maximum Gasteiger partial charge on any atom is 0.254 e. The van der Waals surface area contributed by atoms with Gasteiger partial charge < -0.3 is 19.1 Å². The molecule has 0 radical (unpaired) electrons. The highest BCUT2D eigenvalue weighted by molar-refractivity contribution is 5.94. The van der Waals surface area contributed by atoms with Crippen molar-refractivity contribution in [3.63, 3.8) is 0 Å². The summed E-state index contributed by atoms with van der Waals surface area (Å²) in [7, 11) is 3.34. The van der Waals surface area contributed by atoms with E-state index in [0.717, 1.165) is 32.0 Å². The minimum absolute atomic E-state index is 0.0660. The molecule has 0 spiro atoms. The number of nitrogens with zero attached hydrogens (tertiary/aromatic N) is 2. The molecule has 2 aliphatic heterocycles. The molecule has 0 aromatic heterocycles. The van der Waals surface area contributed by atoms with E-state index in [9.17, 15) is 4.79 Å². The standard InChI is InChI=1S/C17H24N2O4/c1-21-8-7-18-9-15-11-19(12-16(10-18)23-15)17(20)13-3-5-14(22-2)6-4-13/h3-6,15-16H,7-12H2,1-2H3. The third kappa shape index (κ3) is 3.83. The molecular weight excluding hydrogens is 296 g/mol. The molecule has 3 rings (SSSR count). The first-order valence-electron chi connectivity index (χ1n) is 7.99. The number of carbonyl (C=O) groups excluding carboxylic acids is 1. The minimum atomic E-state index is 0.0660. The van der Waals surface area contributed by atoms with Crippen LogP contribution < -0.4 is 4.74 Å². The lowest BCUT2D eigenvalue weighted by molar-refractivity contribution is -0.131. The van der Waals surface area contributed by atoms with Gasteiger partial charge in [0.05, 0.1) is 25.9 Å². The molecule has 6 nitrogen and oxygen atoms in total. The molecule has 2 atom stereocenters. The van der Waals surface area contributed by atoms with Crippen molar-refractivity contribution in [1.29, 1.82) is 0 Å². The van der Waals surface area contributed by atoms with Crippen molar-refractivity contribution in [2.45, 2.75) is 12.2 Å². The summed E-state index contributed by atoms with van der Waals surface area (Å²) in [6.45, 7) is 4.64. The number of hydrogen-bond donors (Lipinski definition) is 0. The molecule has 2 heterocycles. The Kier molecular flexibility index (Phi) is 5.15. The van der Waals surface area contributed by atoms with Crippen LogP contribution in [0.3, 0.4) is 0 Å². The summed E-state index contributed by atoms with van der Waals surface area (Å²) in [5, 5.41) is 0. The van der Waals surface area contributed by atoms with Crippen LogP contribution in [0.25, 0.3) is 0 Å². The summed E-state index contributed by atoms with van der Waals surface area (Å²) in [6, 6.07) is 7.27. The van der Waals surface area contributed by atoms with Gasteiger partial charge in [0.2, 0.25) is 0 Å². The molecule has 2 fully saturated rings. The molecule has 2 bridgehead atoms. The zero-order chi connectivity index (χ0) is 16.2. The normalized spacial score (nSPS) is 24.5. The topological polar surface area (TPSA) is 51.2 Å². The van der Waals surface area contributed by atoms with E-state index in [1.807, 2.05) is 29.2 Å². The number of ether oxygens (including phenoxy) is 3. The van der Waals surface area contributed by atoms with Crippen molar-refractivity contribution in [1.82, 2.24) is 9.80 Å². The SMILES string of the molecule is COCCN1CC2CN(C(=O)c3ccc(OC)cc3)CC(C1)O2. The van der Waals surface area contributed by atoms with E-state index in [0.29, 0.717) is 18.7 Å². The summed E-state index contributed by atoms with van der Waals surface area (Å²) in [4.78, 5) is 16.9. The van der Waals surface area contributed by atoms with Gasteiger partial charge in [-0.05, 0) is 24.3 Å². The number of carbonyl (C=O) groups is 1. The van der Waals surface area contributed by atoms with Crippen LogP contribution in [0.5, 0.6) is 5.75 Å². The van der Waals surface area contributed by atoms with Gasteiger partial charge in [0.15, 0.2) is 0 Å². The van der Waals surface area contributed by atoms with Crippen LogP contribution in [-0.4, -0.2) is 81.5 Å². The van der Waals surface area contributed by atoms with Gasteiger partial charge in [-0.3, -0.25) is 9.69 Å². The fourth-order valence-electron chi connectivity index (χ4n) is 3.26. The summed E-state index contributed by atoms with van der Waals surface area (Å²) in [5.41, 5.74) is 0.696. The van der Waals surface area contributed by atoms with E-state index in [-0.39, 0.29) is 18.1 Å². The lowest BCUT2D eigenvalue weighted by atomic mass is 10.1. The van der Waals surface area contributed by atoms with Crippen LogP contribution in [0.2, 0.25) is 0 Å². The lowest BCUT2D eigenvalue weighted by Crippen LogP contribution is -2.60. The Labute approximate surface area is 136 Å². The van der Waals surface area contributed by atoms with Crippen LogP contribution in [0.1, 0.15) is 10.4 Å². The first kappa shape index (κ1) is 16.2. The molecule has 23 heavy (non-hydrogen) atoms. The molecule has 2 aliphatic rings. The average molecular weight is 320 g/mol. The molecule has 1 aromatic rings. The summed E-state index contributed by atoms with van der Waals surface area (Å²) < 4.78 is 16.3. The van der Waals surface area contributed by atoms with Gasteiger partial charge in [-0.25, -0.2) is 0 Å². The van der Waals surface area contributed by atoms with Crippen molar-refractivity contribution >= 4 is 5.91 Å². The second-order valence-corrected chi connectivity index (χ2v) is 6.07. The van der Waals surface area contributed by atoms with Gasteiger partial charge in [-0.2, -0.15) is 0 Å². The van der Waals surface area contributed by atoms with Crippen LogP contribution in [-0.2, 0) is 9.47 Å². The third-order valence-electron chi connectivity index (χ3n) is 4.39. The molecule has 0 N–H and O–H groups in total. The van der Waals surface area contributed by atoms with E-state index in [2.05, 4.69) is 4.90 Å². The quantitative estimate of drug-likeness (QED) is 0.806. The van der Waals surface area contributed by atoms with Gasteiger partial charge in [0, 0.05) is 45.4 Å². The molecule has 1 amide bonds. The van der Waals surface area contributed by atoms with E-state index < -0.39 is 0 Å². The van der Waals surface area contributed by atoms with Crippen molar-refractivity contribution in [2.75, 3.05) is 53.6 Å². The Morgan fingerprint density at radius 1 is 1.13 bits per heavy atom. The zero-order valence-corrected chi connectivity index (χ0v) is 13.7. The van der Waals surface area contributed by atoms with E-state index >= 15 is 0 Å². The minimum Gasteiger partial charge on any atom is -0.497 e.